The molecule has 0 radical (unpaired) electrons. The topological polar surface area (TPSA) is 230 Å². The van der Waals surface area contributed by atoms with Crippen molar-refractivity contribution in [2.45, 2.75) is 55.1 Å². The summed E-state index contributed by atoms with van der Waals surface area (Å²) in [5.74, 6) is 0. The van der Waals surface area contributed by atoms with Crippen LogP contribution in [0.15, 0.2) is 0 Å². The molecule has 1 fully saturated rings. The van der Waals surface area contributed by atoms with Crippen molar-refractivity contribution in [3.8, 4) is 0 Å². The molecule has 10 N–H and O–H groups in total. The molecule has 0 saturated carbocycles. The molecule has 154 valence electrons. The first-order chi connectivity index (χ1) is 12.2. The van der Waals surface area contributed by atoms with Crippen LogP contribution in [-0.2, 0) is 14.1 Å². The standard InChI is InChI=1S/C12H25BO13/c14-1-4(17)10(11(5(18)2-15)26-13(22)23)25-12-9(21)8(20)7(19)6(3-16)24-12/h4-12,14-23H,1-3H2/t4-,5+,6-,7-,8+,9-,10-,11-,12-/m1/s1. The molecule has 13 nitrogen and oxygen atoms in total. The highest BCUT2D eigenvalue weighted by molar-refractivity contribution is 6.32. The molecule has 26 heavy (non-hydrogen) atoms. The first-order valence-corrected chi connectivity index (χ1v) is 7.73. The molecule has 0 spiro atoms. The monoisotopic (exact) mass is 388 g/mol. The second kappa shape index (κ2) is 10.8. The van der Waals surface area contributed by atoms with E-state index in [1.807, 2.05) is 0 Å². The second-order valence-electron chi connectivity index (χ2n) is 5.72. The summed E-state index contributed by atoms with van der Waals surface area (Å²) in [4.78, 5) is 0. The fraction of sp³-hybridized carbons (Fsp3) is 1.00. The van der Waals surface area contributed by atoms with Crippen molar-refractivity contribution in [3.63, 3.8) is 0 Å². The van der Waals surface area contributed by atoms with E-state index in [1.165, 1.54) is 0 Å². The lowest BCUT2D eigenvalue weighted by atomic mass is 9.98. The lowest BCUT2D eigenvalue weighted by molar-refractivity contribution is -0.327. The van der Waals surface area contributed by atoms with E-state index in [2.05, 4.69) is 4.65 Å². The predicted molar refractivity (Wildman–Crippen MR) is 79.9 cm³/mol. The zero-order valence-electron chi connectivity index (χ0n) is 13.6. The number of hydrogen-bond donors (Lipinski definition) is 10. The average molecular weight is 388 g/mol. The van der Waals surface area contributed by atoms with Gasteiger partial charge in [0.1, 0.15) is 48.8 Å². The summed E-state index contributed by atoms with van der Waals surface area (Å²) < 4.78 is 14.9. The Balaban J connectivity index is 3.04. The van der Waals surface area contributed by atoms with Crippen molar-refractivity contribution in [3.05, 3.63) is 0 Å². The molecular formula is C12H25BO13. The largest absolute Gasteiger partial charge is 0.634 e. The van der Waals surface area contributed by atoms with Crippen LogP contribution in [-0.4, -0.2) is 133 Å². The van der Waals surface area contributed by atoms with E-state index in [9.17, 15) is 25.5 Å². The van der Waals surface area contributed by atoms with Crippen LogP contribution in [0.4, 0.5) is 0 Å². The molecule has 0 aromatic rings. The van der Waals surface area contributed by atoms with Gasteiger partial charge in [0.05, 0.1) is 19.8 Å². The van der Waals surface area contributed by atoms with Crippen LogP contribution >= 0.6 is 0 Å². The Morgan fingerprint density at radius 2 is 1.38 bits per heavy atom. The molecule has 1 aliphatic heterocycles. The molecule has 1 heterocycles. The van der Waals surface area contributed by atoms with Crippen LogP contribution in [0.5, 0.6) is 0 Å². The summed E-state index contributed by atoms with van der Waals surface area (Å²) in [7, 11) is -2.45. The van der Waals surface area contributed by atoms with E-state index in [0.717, 1.165) is 0 Å². The van der Waals surface area contributed by atoms with Gasteiger partial charge in [-0.05, 0) is 0 Å². The van der Waals surface area contributed by atoms with Crippen molar-refractivity contribution < 1.29 is 65.0 Å². The Labute approximate surface area is 148 Å². The Morgan fingerprint density at radius 1 is 0.846 bits per heavy atom. The lowest BCUT2D eigenvalue weighted by Gasteiger charge is -2.42. The molecule has 1 aliphatic rings. The van der Waals surface area contributed by atoms with Gasteiger partial charge in [-0.1, -0.05) is 0 Å². The van der Waals surface area contributed by atoms with Crippen molar-refractivity contribution in [2.24, 2.45) is 0 Å². The Morgan fingerprint density at radius 3 is 1.85 bits per heavy atom. The maximum Gasteiger partial charge on any atom is 0.634 e. The summed E-state index contributed by atoms with van der Waals surface area (Å²) >= 11 is 0. The third-order valence-corrected chi connectivity index (χ3v) is 3.87. The highest BCUT2D eigenvalue weighted by atomic mass is 16.7. The molecular weight excluding hydrogens is 363 g/mol. The number of ether oxygens (including phenoxy) is 2. The molecule has 1 saturated heterocycles. The Bertz CT molecular complexity index is 399. The lowest BCUT2D eigenvalue weighted by Crippen LogP contribution is -2.62. The van der Waals surface area contributed by atoms with Crippen LogP contribution < -0.4 is 0 Å². The van der Waals surface area contributed by atoms with E-state index >= 15 is 0 Å². The normalized spacial score (nSPS) is 34.2. The van der Waals surface area contributed by atoms with Crippen molar-refractivity contribution in [2.75, 3.05) is 19.8 Å². The summed E-state index contributed by atoms with van der Waals surface area (Å²) in [5.41, 5.74) is 0. The molecule has 0 unspecified atom stereocenters. The zero-order valence-corrected chi connectivity index (χ0v) is 13.6. The molecule has 0 bridgehead atoms. The van der Waals surface area contributed by atoms with Gasteiger partial charge in [-0.25, -0.2) is 0 Å². The van der Waals surface area contributed by atoms with Gasteiger partial charge >= 0.3 is 7.32 Å². The highest BCUT2D eigenvalue weighted by Gasteiger charge is 2.47. The van der Waals surface area contributed by atoms with E-state index in [1.54, 1.807) is 0 Å². The summed E-state index contributed by atoms with van der Waals surface area (Å²) in [5, 5.41) is 94.3. The summed E-state index contributed by atoms with van der Waals surface area (Å²) in [6.45, 7) is -2.67. The minimum absolute atomic E-state index is 0.757. The second-order valence-corrected chi connectivity index (χ2v) is 5.72. The van der Waals surface area contributed by atoms with Crippen molar-refractivity contribution in [1.29, 1.82) is 0 Å². The molecule has 0 aliphatic carbocycles. The third-order valence-electron chi connectivity index (χ3n) is 3.87. The van der Waals surface area contributed by atoms with Gasteiger partial charge in [-0.15, -0.1) is 0 Å². The highest BCUT2D eigenvalue weighted by Crippen LogP contribution is 2.25. The van der Waals surface area contributed by atoms with Gasteiger partial charge in [0.2, 0.25) is 0 Å². The summed E-state index contributed by atoms with van der Waals surface area (Å²) in [6.07, 6.45) is -15.7. The van der Waals surface area contributed by atoms with Crippen LogP contribution in [0.3, 0.4) is 0 Å². The van der Waals surface area contributed by atoms with Gasteiger partial charge in [0, 0.05) is 0 Å². The smallest absolute Gasteiger partial charge is 0.402 e. The maximum absolute atomic E-state index is 9.95. The van der Waals surface area contributed by atoms with Gasteiger partial charge < -0.3 is 65.0 Å². The van der Waals surface area contributed by atoms with E-state index < -0.39 is 82.3 Å². The van der Waals surface area contributed by atoms with Crippen LogP contribution in [0.1, 0.15) is 0 Å². The zero-order chi connectivity index (χ0) is 20.0. The van der Waals surface area contributed by atoms with Gasteiger partial charge in [0.15, 0.2) is 6.29 Å². The first-order valence-electron chi connectivity index (χ1n) is 7.73. The van der Waals surface area contributed by atoms with Gasteiger partial charge in [-0.2, -0.15) is 0 Å². The molecule has 9 atom stereocenters. The maximum atomic E-state index is 9.95. The Hall–Kier alpha value is -0.455. The number of hydrogen-bond acceptors (Lipinski definition) is 13. The first kappa shape index (κ1) is 23.6. The van der Waals surface area contributed by atoms with Gasteiger partial charge in [0.25, 0.3) is 0 Å². The minimum Gasteiger partial charge on any atom is -0.402 e. The molecule has 0 aromatic carbocycles. The Kier molecular flexibility index (Phi) is 9.77. The number of aliphatic hydroxyl groups excluding tert-OH is 8. The quantitative estimate of drug-likeness (QED) is 0.157. The SMILES string of the molecule is OC[C@@H](O)[C@@H](O[C@H]1O[C@H](CO)[C@@H](O)[C@H](O)[C@H]1O)[C@H](OB(O)O)[C@@H](O)CO. The average Bonchev–Trinajstić information content (AvgIpc) is 2.62. The van der Waals surface area contributed by atoms with Crippen LogP contribution in [0.25, 0.3) is 0 Å². The molecule has 1 rings (SSSR count). The number of rotatable bonds is 10. The van der Waals surface area contributed by atoms with Gasteiger partial charge in [-0.3, -0.25) is 0 Å². The summed E-state index contributed by atoms with van der Waals surface area (Å²) in [6, 6.07) is 0. The van der Waals surface area contributed by atoms with Crippen LogP contribution in [0.2, 0.25) is 0 Å². The number of aliphatic hydroxyl groups is 8. The van der Waals surface area contributed by atoms with E-state index in [-0.39, 0.29) is 0 Å². The van der Waals surface area contributed by atoms with E-state index in [4.69, 9.17) is 34.8 Å². The fourth-order valence-corrected chi connectivity index (χ4v) is 2.46. The predicted octanol–water partition coefficient (Wildman–Crippen LogP) is -6.77. The van der Waals surface area contributed by atoms with Crippen molar-refractivity contribution in [1.82, 2.24) is 0 Å². The van der Waals surface area contributed by atoms with E-state index in [0.29, 0.717) is 0 Å². The fourth-order valence-electron chi connectivity index (χ4n) is 2.46. The van der Waals surface area contributed by atoms with Crippen LogP contribution in [0, 0.1) is 0 Å². The third kappa shape index (κ3) is 5.77. The molecule has 0 amide bonds. The van der Waals surface area contributed by atoms with Crippen molar-refractivity contribution >= 4 is 7.32 Å². The minimum atomic E-state index is -2.45. The molecule has 0 aromatic heterocycles. The molecule has 14 heteroatoms.